The molecule has 2 heterocycles. The zero-order chi connectivity index (χ0) is 13.9. The van der Waals surface area contributed by atoms with E-state index in [0.29, 0.717) is 6.04 Å². The Labute approximate surface area is 121 Å². The maximum Gasteiger partial charge on any atom is 0.387 e. The quantitative estimate of drug-likeness (QED) is 0.846. The van der Waals surface area contributed by atoms with Crippen LogP contribution in [-0.2, 0) is 0 Å². The van der Waals surface area contributed by atoms with E-state index in [-0.39, 0.29) is 5.75 Å². The van der Waals surface area contributed by atoms with Crippen molar-refractivity contribution in [3.05, 3.63) is 24.3 Å². The molecule has 108 valence electrons. The number of halogens is 2. The van der Waals surface area contributed by atoms with E-state index in [9.17, 15) is 8.78 Å². The number of aliphatic imine (C=N–C) groups is 1. The van der Waals surface area contributed by atoms with Gasteiger partial charge < -0.3 is 9.64 Å². The molecular formula is C14H16F2N2OS. The van der Waals surface area contributed by atoms with Gasteiger partial charge in [0.25, 0.3) is 0 Å². The molecule has 0 unspecified atom stereocenters. The molecule has 0 aliphatic carbocycles. The van der Waals surface area contributed by atoms with Gasteiger partial charge in [0.05, 0.1) is 5.69 Å². The van der Waals surface area contributed by atoms with E-state index in [1.807, 2.05) is 0 Å². The minimum atomic E-state index is -2.79. The van der Waals surface area contributed by atoms with Crippen LogP contribution >= 0.6 is 11.8 Å². The molecule has 0 radical (unpaired) electrons. The van der Waals surface area contributed by atoms with Crippen molar-refractivity contribution >= 4 is 22.6 Å². The fourth-order valence-corrected chi connectivity index (χ4v) is 3.85. The Bertz CT molecular complexity index is 492. The maximum absolute atomic E-state index is 12.1. The van der Waals surface area contributed by atoms with Gasteiger partial charge in [0.1, 0.15) is 5.75 Å². The Morgan fingerprint density at radius 1 is 1.25 bits per heavy atom. The molecule has 2 aliphatic heterocycles. The van der Waals surface area contributed by atoms with Gasteiger partial charge in [-0.25, -0.2) is 4.99 Å². The number of hydrogen-bond donors (Lipinski definition) is 0. The van der Waals surface area contributed by atoms with Gasteiger partial charge in [-0.15, -0.1) is 0 Å². The SMILES string of the molecule is FC(F)Oc1ccc(N=C2SC[C@@H]3CCCCN23)cc1. The van der Waals surface area contributed by atoms with Crippen molar-refractivity contribution in [1.82, 2.24) is 4.90 Å². The molecule has 0 amide bonds. The lowest BCUT2D eigenvalue weighted by Crippen LogP contribution is -2.37. The van der Waals surface area contributed by atoms with Crippen LogP contribution in [0.3, 0.4) is 0 Å². The summed E-state index contributed by atoms with van der Waals surface area (Å²) in [6, 6.07) is 7.09. The standard InChI is InChI=1S/C14H16F2N2OS/c15-13(16)19-12-6-4-10(5-7-12)17-14-18-8-2-1-3-11(18)9-20-14/h4-7,11,13H,1-3,8-9H2/t11-/m0/s1. The molecule has 1 aromatic rings. The van der Waals surface area contributed by atoms with E-state index >= 15 is 0 Å². The van der Waals surface area contributed by atoms with Crippen molar-refractivity contribution in [2.24, 2.45) is 4.99 Å². The van der Waals surface area contributed by atoms with Crippen molar-refractivity contribution in [3.8, 4) is 5.75 Å². The van der Waals surface area contributed by atoms with E-state index in [4.69, 9.17) is 0 Å². The predicted octanol–water partition coefficient (Wildman–Crippen LogP) is 3.88. The molecule has 1 aromatic carbocycles. The smallest absolute Gasteiger partial charge is 0.387 e. The minimum Gasteiger partial charge on any atom is -0.435 e. The molecule has 20 heavy (non-hydrogen) atoms. The largest absolute Gasteiger partial charge is 0.435 e. The summed E-state index contributed by atoms with van der Waals surface area (Å²) in [4.78, 5) is 7.00. The van der Waals surface area contributed by atoms with Crippen LogP contribution in [0.2, 0.25) is 0 Å². The molecule has 2 saturated heterocycles. The molecule has 3 rings (SSSR count). The van der Waals surface area contributed by atoms with Crippen molar-refractivity contribution in [1.29, 1.82) is 0 Å². The topological polar surface area (TPSA) is 24.8 Å². The van der Waals surface area contributed by atoms with Crippen molar-refractivity contribution in [2.45, 2.75) is 31.9 Å². The zero-order valence-electron chi connectivity index (χ0n) is 11.0. The van der Waals surface area contributed by atoms with E-state index in [0.717, 1.165) is 23.2 Å². The number of rotatable bonds is 3. The van der Waals surface area contributed by atoms with Gasteiger partial charge >= 0.3 is 6.61 Å². The minimum absolute atomic E-state index is 0.166. The molecule has 0 N–H and O–H groups in total. The van der Waals surface area contributed by atoms with Crippen molar-refractivity contribution < 1.29 is 13.5 Å². The van der Waals surface area contributed by atoms with Gasteiger partial charge in [-0.1, -0.05) is 11.8 Å². The van der Waals surface area contributed by atoms with Crippen LogP contribution in [0, 0.1) is 0 Å². The van der Waals surface area contributed by atoms with E-state index in [2.05, 4.69) is 14.6 Å². The van der Waals surface area contributed by atoms with Crippen LogP contribution in [0.1, 0.15) is 19.3 Å². The van der Waals surface area contributed by atoms with Gasteiger partial charge in [0.15, 0.2) is 5.17 Å². The molecule has 1 atom stereocenters. The lowest BCUT2D eigenvalue weighted by molar-refractivity contribution is -0.0498. The lowest BCUT2D eigenvalue weighted by atomic mass is 10.1. The molecule has 3 nitrogen and oxygen atoms in total. The first kappa shape index (κ1) is 13.7. The van der Waals surface area contributed by atoms with Crippen molar-refractivity contribution in [3.63, 3.8) is 0 Å². The highest BCUT2D eigenvalue weighted by Gasteiger charge is 2.31. The fourth-order valence-electron chi connectivity index (χ4n) is 2.59. The first-order valence-corrected chi connectivity index (χ1v) is 7.74. The molecule has 2 fully saturated rings. The van der Waals surface area contributed by atoms with Gasteiger partial charge in [-0.3, -0.25) is 0 Å². The van der Waals surface area contributed by atoms with E-state index in [1.54, 1.807) is 23.9 Å². The second kappa shape index (κ2) is 5.99. The number of hydrogen-bond acceptors (Lipinski definition) is 3. The summed E-state index contributed by atoms with van der Waals surface area (Å²) in [5, 5.41) is 1.05. The van der Waals surface area contributed by atoms with Crippen LogP contribution in [0.5, 0.6) is 5.75 Å². The zero-order valence-corrected chi connectivity index (χ0v) is 11.8. The Morgan fingerprint density at radius 3 is 2.80 bits per heavy atom. The van der Waals surface area contributed by atoms with E-state index in [1.165, 1.54) is 31.4 Å². The van der Waals surface area contributed by atoms with Crippen LogP contribution in [0.15, 0.2) is 29.3 Å². The number of amidine groups is 1. The van der Waals surface area contributed by atoms with Crippen LogP contribution in [0.4, 0.5) is 14.5 Å². The van der Waals surface area contributed by atoms with Crippen LogP contribution in [0.25, 0.3) is 0 Å². The summed E-state index contributed by atoms with van der Waals surface area (Å²) in [6.07, 6.45) is 3.76. The first-order valence-electron chi connectivity index (χ1n) is 6.75. The Kier molecular flexibility index (Phi) is 4.10. The van der Waals surface area contributed by atoms with Gasteiger partial charge in [0, 0.05) is 18.3 Å². The maximum atomic E-state index is 12.1. The second-order valence-electron chi connectivity index (χ2n) is 4.92. The summed E-state index contributed by atoms with van der Waals surface area (Å²) in [7, 11) is 0. The fraction of sp³-hybridized carbons (Fsp3) is 0.500. The Balaban J connectivity index is 1.71. The number of benzene rings is 1. The third kappa shape index (κ3) is 3.06. The molecule has 0 bridgehead atoms. The number of piperidine rings is 1. The molecule has 2 aliphatic rings. The molecular weight excluding hydrogens is 282 g/mol. The summed E-state index contributed by atoms with van der Waals surface area (Å²) in [5.74, 6) is 1.27. The molecule has 0 aromatic heterocycles. The summed E-state index contributed by atoms with van der Waals surface area (Å²) < 4.78 is 28.5. The summed E-state index contributed by atoms with van der Waals surface area (Å²) >= 11 is 1.78. The van der Waals surface area contributed by atoms with Gasteiger partial charge in [0.2, 0.25) is 0 Å². The first-order chi connectivity index (χ1) is 9.72. The number of ether oxygens (including phenoxy) is 1. The summed E-state index contributed by atoms with van der Waals surface area (Å²) in [6.45, 7) is -1.71. The normalized spacial score (nSPS) is 24.2. The highest BCUT2D eigenvalue weighted by Crippen LogP contribution is 2.32. The van der Waals surface area contributed by atoms with Crippen LogP contribution < -0.4 is 4.74 Å². The number of nitrogens with zero attached hydrogens (tertiary/aromatic N) is 2. The number of thioether (sulfide) groups is 1. The van der Waals surface area contributed by atoms with Crippen molar-refractivity contribution in [2.75, 3.05) is 12.3 Å². The molecule has 0 spiro atoms. The highest BCUT2D eigenvalue weighted by molar-refractivity contribution is 8.14. The average molecular weight is 298 g/mol. The van der Waals surface area contributed by atoms with Gasteiger partial charge in [-0.05, 0) is 43.5 Å². The third-order valence-corrected chi connectivity index (χ3v) is 4.70. The number of alkyl halides is 2. The summed E-state index contributed by atoms with van der Waals surface area (Å²) in [5.41, 5.74) is 0.778. The highest BCUT2D eigenvalue weighted by atomic mass is 32.2. The van der Waals surface area contributed by atoms with E-state index < -0.39 is 6.61 Å². The molecule has 0 saturated carbocycles. The predicted molar refractivity (Wildman–Crippen MR) is 77.0 cm³/mol. The monoisotopic (exact) mass is 298 g/mol. The third-order valence-electron chi connectivity index (χ3n) is 3.56. The number of fused-ring (bicyclic) bond motifs is 1. The Hall–Kier alpha value is -1.30. The second-order valence-corrected chi connectivity index (χ2v) is 5.91. The van der Waals surface area contributed by atoms with Gasteiger partial charge in [-0.2, -0.15) is 8.78 Å². The Morgan fingerprint density at radius 2 is 2.05 bits per heavy atom. The average Bonchev–Trinajstić information content (AvgIpc) is 2.84. The molecule has 6 heteroatoms. The van der Waals surface area contributed by atoms with Crippen LogP contribution in [-0.4, -0.2) is 35.0 Å². The lowest BCUT2D eigenvalue weighted by Gasteiger charge is -2.30.